The summed E-state index contributed by atoms with van der Waals surface area (Å²) in [6.07, 6.45) is -0.388. The molecule has 0 unspecified atom stereocenters. The molecule has 2 heterocycles. The van der Waals surface area contributed by atoms with Gasteiger partial charge >= 0.3 is 6.09 Å². The summed E-state index contributed by atoms with van der Waals surface area (Å²) in [7, 11) is 0. The average molecular weight is 391 g/mol. The third-order valence-corrected chi connectivity index (χ3v) is 4.74. The molecular weight excluding hydrogens is 370 g/mol. The first-order valence-electron chi connectivity index (χ1n) is 9.29. The van der Waals surface area contributed by atoms with Crippen LogP contribution in [-0.2, 0) is 4.74 Å². The van der Waals surface area contributed by atoms with Crippen LogP contribution in [0.15, 0.2) is 42.5 Å². The topological polar surface area (TPSA) is 89.4 Å². The molecule has 0 atom stereocenters. The third kappa shape index (κ3) is 3.69. The summed E-state index contributed by atoms with van der Waals surface area (Å²) >= 11 is 0. The van der Waals surface area contributed by atoms with E-state index in [4.69, 9.17) is 4.74 Å². The zero-order chi connectivity index (χ0) is 20.5. The fourth-order valence-corrected chi connectivity index (χ4v) is 3.30. The first-order chi connectivity index (χ1) is 13.9. The van der Waals surface area contributed by atoms with Gasteiger partial charge in [0.05, 0.1) is 17.9 Å². The fourth-order valence-electron chi connectivity index (χ4n) is 3.30. The molecule has 1 aliphatic heterocycles. The third-order valence-electron chi connectivity index (χ3n) is 4.74. The number of hydrogen-bond acceptors (Lipinski definition) is 5. The Labute approximate surface area is 168 Å². The molecule has 2 aromatic carbocycles. The van der Waals surface area contributed by atoms with Crippen molar-refractivity contribution in [2.24, 2.45) is 0 Å². The SMILES string of the molecule is Cc1ccc(-n2nc(C)c(C(=O)Nc3cccc(N4CCOC4=O)c3)n2)c(C)c1. The largest absolute Gasteiger partial charge is 0.447 e. The van der Waals surface area contributed by atoms with E-state index in [2.05, 4.69) is 15.5 Å². The lowest BCUT2D eigenvalue weighted by Crippen LogP contribution is -2.23. The Bertz CT molecular complexity index is 1110. The molecule has 4 rings (SSSR count). The predicted octanol–water partition coefficient (Wildman–Crippen LogP) is 3.40. The molecule has 0 radical (unpaired) electrons. The number of cyclic esters (lactones) is 1. The molecule has 0 saturated carbocycles. The van der Waals surface area contributed by atoms with Crippen molar-refractivity contribution in [3.63, 3.8) is 0 Å². The number of benzene rings is 2. The van der Waals surface area contributed by atoms with Gasteiger partial charge in [0, 0.05) is 11.4 Å². The van der Waals surface area contributed by atoms with Crippen molar-refractivity contribution in [2.75, 3.05) is 23.4 Å². The molecule has 1 fully saturated rings. The van der Waals surface area contributed by atoms with Crippen LogP contribution in [0.3, 0.4) is 0 Å². The van der Waals surface area contributed by atoms with Gasteiger partial charge in [-0.1, -0.05) is 23.8 Å². The van der Waals surface area contributed by atoms with Crippen molar-refractivity contribution >= 4 is 23.4 Å². The van der Waals surface area contributed by atoms with Crippen molar-refractivity contribution in [3.05, 3.63) is 65.0 Å². The van der Waals surface area contributed by atoms with Crippen LogP contribution in [-0.4, -0.2) is 40.1 Å². The fraction of sp³-hybridized carbons (Fsp3) is 0.238. The molecule has 2 amide bonds. The average Bonchev–Trinajstić information content (AvgIpc) is 3.27. The van der Waals surface area contributed by atoms with Crippen molar-refractivity contribution in [1.29, 1.82) is 0 Å². The van der Waals surface area contributed by atoms with E-state index in [1.165, 1.54) is 9.70 Å². The van der Waals surface area contributed by atoms with E-state index >= 15 is 0 Å². The Morgan fingerprint density at radius 3 is 2.66 bits per heavy atom. The van der Waals surface area contributed by atoms with E-state index < -0.39 is 0 Å². The van der Waals surface area contributed by atoms with Gasteiger partial charge in [0.25, 0.3) is 5.91 Å². The molecule has 8 nitrogen and oxygen atoms in total. The molecule has 0 spiro atoms. The summed E-state index contributed by atoms with van der Waals surface area (Å²) in [5.74, 6) is -0.361. The minimum atomic E-state index is -0.388. The van der Waals surface area contributed by atoms with Crippen LogP contribution < -0.4 is 10.2 Å². The van der Waals surface area contributed by atoms with Gasteiger partial charge in [-0.05, 0) is 50.6 Å². The molecular formula is C21H21N5O3. The lowest BCUT2D eigenvalue weighted by molar-refractivity contribution is 0.102. The van der Waals surface area contributed by atoms with Crippen LogP contribution in [0.4, 0.5) is 16.2 Å². The van der Waals surface area contributed by atoms with E-state index in [0.29, 0.717) is 30.2 Å². The number of nitrogens with one attached hydrogen (secondary N) is 1. The molecule has 0 bridgehead atoms. The number of ether oxygens (including phenoxy) is 1. The Morgan fingerprint density at radius 1 is 1.10 bits per heavy atom. The highest BCUT2D eigenvalue weighted by atomic mass is 16.6. The van der Waals surface area contributed by atoms with Crippen LogP contribution in [0.25, 0.3) is 5.69 Å². The first-order valence-corrected chi connectivity index (χ1v) is 9.29. The van der Waals surface area contributed by atoms with Crippen LogP contribution in [0.1, 0.15) is 27.3 Å². The molecule has 1 aromatic heterocycles. The monoisotopic (exact) mass is 391 g/mol. The second-order valence-corrected chi connectivity index (χ2v) is 6.98. The first kappa shape index (κ1) is 18.7. The van der Waals surface area contributed by atoms with Crippen molar-refractivity contribution < 1.29 is 14.3 Å². The van der Waals surface area contributed by atoms with Crippen molar-refractivity contribution in [1.82, 2.24) is 15.0 Å². The van der Waals surface area contributed by atoms with E-state index in [-0.39, 0.29) is 17.7 Å². The highest BCUT2D eigenvalue weighted by molar-refractivity contribution is 6.04. The molecule has 1 N–H and O–H groups in total. The summed E-state index contributed by atoms with van der Waals surface area (Å²) in [5, 5.41) is 11.6. The number of anilines is 2. The number of hydrogen-bond donors (Lipinski definition) is 1. The number of carbonyl (C=O) groups is 2. The van der Waals surface area contributed by atoms with Crippen LogP contribution in [0, 0.1) is 20.8 Å². The summed E-state index contributed by atoms with van der Waals surface area (Å²) in [6, 6.07) is 13.0. The molecule has 148 valence electrons. The maximum Gasteiger partial charge on any atom is 0.414 e. The van der Waals surface area contributed by atoms with E-state index in [1.54, 1.807) is 31.2 Å². The van der Waals surface area contributed by atoms with Crippen molar-refractivity contribution in [3.8, 4) is 5.69 Å². The number of amides is 2. The van der Waals surface area contributed by atoms with Gasteiger partial charge in [0.1, 0.15) is 6.61 Å². The number of rotatable bonds is 4. The van der Waals surface area contributed by atoms with Gasteiger partial charge in [-0.15, -0.1) is 5.10 Å². The minimum Gasteiger partial charge on any atom is -0.447 e. The highest BCUT2D eigenvalue weighted by Crippen LogP contribution is 2.23. The maximum absolute atomic E-state index is 12.8. The number of nitrogens with zero attached hydrogens (tertiary/aromatic N) is 4. The van der Waals surface area contributed by atoms with Gasteiger partial charge in [-0.25, -0.2) is 4.79 Å². The molecule has 1 saturated heterocycles. The second-order valence-electron chi connectivity index (χ2n) is 6.98. The molecule has 3 aromatic rings. The summed E-state index contributed by atoms with van der Waals surface area (Å²) in [6.45, 7) is 6.59. The van der Waals surface area contributed by atoms with Gasteiger partial charge in [-0.3, -0.25) is 9.69 Å². The number of aromatic nitrogens is 3. The zero-order valence-corrected chi connectivity index (χ0v) is 16.5. The minimum absolute atomic E-state index is 0.246. The smallest absolute Gasteiger partial charge is 0.414 e. The standard InChI is InChI=1S/C21H21N5O3/c1-13-7-8-18(14(2)11-13)26-23-15(3)19(24-26)20(27)22-16-5-4-6-17(12-16)25-9-10-29-21(25)28/h4-8,11-12H,9-10H2,1-3H3,(H,22,27). The molecule has 29 heavy (non-hydrogen) atoms. The molecule has 8 heteroatoms. The van der Waals surface area contributed by atoms with E-state index in [9.17, 15) is 9.59 Å². The summed E-state index contributed by atoms with van der Waals surface area (Å²) in [5.41, 5.74) is 5.01. The summed E-state index contributed by atoms with van der Waals surface area (Å²) in [4.78, 5) is 27.5. The predicted molar refractivity (Wildman–Crippen MR) is 109 cm³/mol. The zero-order valence-electron chi connectivity index (χ0n) is 16.5. The molecule has 0 aliphatic carbocycles. The van der Waals surface area contributed by atoms with E-state index in [0.717, 1.165) is 16.8 Å². The Morgan fingerprint density at radius 2 is 1.93 bits per heavy atom. The molecule has 1 aliphatic rings. The number of carbonyl (C=O) groups excluding carboxylic acids is 2. The second kappa shape index (κ2) is 7.38. The van der Waals surface area contributed by atoms with Crippen LogP contribution in [0.5, 0.6) is 0 Å². The lowest BCUT2D eigenvalue weighted by Gasteiger charge is -2.14. The lowest BCUT2D eigenvalue weighted by atomic mass is 10.1. The maximum atomic E-state index is 12.8. The number of aryl methyl sites for hydroxylation is 3. The van der Waals surface area contributed by atoms with Gasteiger partial charge in [-0.2, -0.15) is 9.90 Å². The van der Waals surface area contributed by atoms with Crippen LogP contribution >= 0.6 is 0 Å². The highest BCUT2D eigenvalue weighted by Gasteiger charge is 2.24. The quantitative estimate of drug-likeness (QED) is 0.736. The Balaban J connectivity index is 1.56. The van der Waals surface area contributed by atoms with Gasteiger partial charge < -0.3 is 10.1 Å². The van der Waals surface area contributed by atoms with Gasteiger partial charge in [0.15, 0.2) is 5.69 Å². The Hall–Kier alpha value is -3.68. The van der Waals surface area contributed by atoms with E-state index in [1.807, 2.05) is 32.0 Å². The van der Waals surface area contributed by atoms with Gasteiger partial charge in [0.2, 0.25) is 0 Å². The summed E-state index contributed by atoms with van der Waals surface area (Å²) < 4.78 is 4.97. The Kier molecular flexibility index (Phi) is 4.75. The van der Waals surface area contributed by atoms with Crippen LogP contribution in [0.2, 0.25) is 0 Å². The normalized spacial score (nSPS) is 13.5. The van der Waals surface area contributed by atoms with Crippen molar-refractivity contribution in [2.45, 2.75) is 20.8 Å².